The lowest BCUT2D eigenvalue weighted by Crippen LogP contribution is -2.21. The van der Waals surface area contributed by atoms with Crippen LogP contribution in [-0.2, 0) is 10.0 Å². The molecule has 59 heavy (non-hydrogen) atoms. The Morgan fingerprint density at radius 2 is 0.644 bits per heavy atom. The lowest BCUT2D eigenvalue weighted by atomic mass is 9.93. The highest BCUT2D eigenvalue weighted by Crippen LogP contribution is 2.31. The summed E-state index contributed by atoms with van der Waals surface area (Å²) in [6.07, 6.45) is 5.64. The predicted molar refractivity (Wildman–Crippen MR) is 257 cm³/mol. The van der Waals surface area contributed by atoms with Gasteiger partial charge in [-0.25, -0.2) is 13.6 Å². The summed E-state index contributed by atoms with van der Waals surface area (Å²) in [5, 5.41) is 4.83. The van der Waals surface area contributed by atoms with Crippen LogP contribution in [0.1, 0.15) is 84.1 Å². The minimum atomic E-state index is -3.50. The molecule has 7 nitrogen and oxygen atoms in total. The molecule has 0 fully saturated rings. The number of hydrogen-bond donors (Lipinski definition) is 1. The Morgan fingerprint density at radius 1 is 0.407 bits per heavy atom. The first-order valence-electron chi connectivity index (χ1n) is 21.4. The summed E-state index contributed by atoms with van der Waals surface area (Å²) in [5.41, 5.74) is 12.6. The first kappa shape index (κ1) is 46.4. The molecular weight excluding hydrogens is 747 g/mol. The van der Waals surface area contributed by atoms with Crippen LogP contribution in [0.25, 0.3) is 11.1 Å². The first-order chi connectivity index (χ1) is 28.5. The highest BCUT2D eigenvalue weighted by atomic mass is 32.2. The highest BCUT2D eigenvalue weighted by molar-refractivity contribution is 7.89. The van der Waals surface area contributed by atoms with E-state index in [4.69, 9.17) is 5.14 Å². The topological polar surface area (TPSA) is 73.1 Å². The zero-order valence-electron chi connectivity index (χ0n) is 36.7. The molecular formula is C51H67N5O2S. The van der Waals surface area contributed by atoms with E-state index in [1.54, 1.807) is 18.2 Å². The number of rotatable bonds is 19. The maximum atomic E-state index is 10.6. The summed E-state index contributed by atoms with van der Waals surface area (Å²) in [6.45, 7) is 25.8. The number of sulfonamides is 1. The molecule has 0 aromatic heterocycles. The summed E-state index contributed by atoms with van der Waals surface area (Å²) in [4.78, 5) is 9.75. The SMILES string of the molecule is CCN(CC)c1ccc(C(=CCC=C(c2ccc(N(CC)CC)cc2)c2ccc(N(CC)CC)cc2)c2ccc(N(CC)CC)cc2)cc1.NS(=O)(=O)c1ccccc1. The maximum Gasteiger partial charge on any atom is 0.238 e. The molecule has 2 N–H and O–H groups in total. The minimum absolute atomic E-state index is 0.148. The number of allylic oxidation sites excluding steroid dienone is 2. The Labute approximate surface area is 356 Å². The second kappa shape index (κ2) is 23.3. The van der Waals surface area contributed by atoms with Crippen molar-refractivity contribution in [1.29, 1.82) is 0 Å². The number of primary sulfonamides is 1. The molecule has 0 aliphatic carbocycles. The average Bonchev–Trinajstić information content (AvgIpc) is 3.27. The molecule has 5 aromatic rings. The largest absolute Gasteiger partial charge is 0.372 e. The van der Waals surface area contributed by atoms with E-state index in [2.05, 4.69) is 184 Å². The van der Waals surface area contributed by atoms with Gasteiger partial charge in [0.05, 0.1) is 4.90 Å². The highest BCUT2D eigenvalue weighted by Gasteiger charge is 2.12. The van der Waals surface area contributed by atoms with Crippen molar-refractivity contribution in [2.45, 2.75) is 66.7 Å². The third-order valence-electron chi connectivity index (χ3n) is 10.9. The molecule has 0 bridgehead atoms. The fraction of sp³-hybridized carbons (Fsp3) is 0.333. The van der Waals surface area contributed by atoms with Crippen LogP contribution >= 0.6 is 0 Å². The number of nitrogens with two attached hydrogens (primary N) is 1. The molecule has 8 heteroatoms. The van der Waals surface area contributed by atoms with E-state index in [-0.39, 0.29) is 4.90 Å². The molecule has 0 unspecified atom stereocenters. The Kier molecular flexibility index (Phi) is 18.3. The van der Waals surface area contributed by atoms with Crippen molar-refractivity contribution in [1.82, 2.24) is 0 Å². The fourth-order valence-corrected chi connectivity index (χ4v) is 8.01. The third kappa shape index (κ3) is 12.8. The first-order valence-corrected chi connectivity index (χ1v) is 23.0. The Balaban J connectivity index is 0.000000670. The van der Waals surface area contributed by atoms with Gasteiger partial charge in [-0.15, -0.1) is 0 Å². The molecule has 0 radical (unpaired) electrons. The lowest BCUT2D eigenvalue weighted by molar-refractivity contribution is 0.598. The van der Waals surface area contributed by atoms with Gasteiger partial charge in [0.1, 0.15) is 0 Å². The van der Waals surface area contributed by atoms with Crippen LogP contribution < -0.4 is 24.7 Å². The van der Waals surface area contributed by atoms with Crippen LogP contribution in [0, 0.1) is 0 Å². The second-order valence-electron chi connectivity index (χ2n) is 14.2. The van der Waals surface area contributed by atoms with Crippen LogP contribution in [-0.4, -0.2) is 60.8 Å². The summed E-state index contributed by atoms with van der Waals surface area (Å²) in [5.74, 6) is 0. The van der Waals surface area contributed by atoms with E-state index < -0.39 is 10.0 Å². The van der Waals surface area contributed by atoms with Crippen LogP contribution in [0.3, 0.4) is 0 Å². The van der Waals surface area contributed by atoms with Crippen molar-refractivity contribution in [3.05, 3.63) is 162 Å². The van der Waals surface area contributed by atoms with Gasteiger partial charge in [0.15, 0.2) is 0 Å². The maximum absolute atomic E-state index is 10.6. The van der Waals surface area contributed by atoms with Crippen LogP contribution in [0.4, 0.5) is 22.7 Å². The molecule has 0 saturated heterocycles. The van der Waals surface area contributed by atoms with Crippen LogP contribution in [0.15, 0.2) is 144 Å². The van der Waals surface area contributed by atoms with Gasteiger partial charge in [-0.05, 0) is 156 Å². The normalized spacial score (nSPS) is 10.9. The van der Waals surface area contributed by atoms with Gasteiger partial charge in [-0.3, -0.25) is 0 Å². The molecule has 5 aromatic carbocycles. The summed E-state index contributed by atoms with van der Waals surface area (Å²) >= 11 is 0. The Hall–Kier alpha value is -5.31. The standard InChI is InChI=1S/C45H60N4.C6H7NO2S/c1-9-46(10-2)40-28-20-36(21-29-40)44(37-22-30-41(31-23-37)47(11-3)12-4)18-17-19-45(38-24-32-42(33-25-38)48(13-5)14-6)39-26-34-43(35-27-39)49(15-7)16-8;7-10(8,9)6-4-2-1-3-5-6/h18-35H,9-17H2,1-8H3;1-5H,(H2,7,8,9). The van der Waals surface area contributed by atoms with E-state index in [1.165, 1.54) is 68.3 Å². The van der Waals surface area contributed by atoms with Crippen molar-refractivity contribution in [2.75, 3.05) is 72.0 Å². The lowest BCUT2D eigenvalue weighted by Gasteiger charge is -2.22. The van der Waals surface area contributed by atoms with Gasteiger partial charge >= 0.3 is 0 Å². The molecule has 0 aliphatic heterocycles. The Morgan fingerprint density at radius 3 is 0.831 bits per heavy atom. The third-order valence-corrected chi connectivity index (χ3v) is 11.9. The smallest absolute Gasteiger partial charge is 0.238 e. The fourth-order valence-electron chi connectivity index (χ4n) is 7.47. The van der Waals surface area contributed by atoms with E-state index in [9.17, 15) is 8.42 Å². The van der Waals surface area contributed by atoms with Gasteiger partial charge in [0.25, 0.3) is 0 Å². The monoisotopic (exact) mass is 814 g/mol. The van der Waals surface area contributed by atoms with Crippen molar-refractivity contribution in [2.24, 2.45) is 5.14 Å². The molecule has 0 aliphatic rings. The number of hydrogen-bond acceptors (Lipinski definition) is 6. The number of nitrogens with zero attached hydrogens (tertiary/aromatic N) is 4. The number of anilines is 4. The summed E-state index contributed by atoms with van der Waals surface area (Å²) in [6, 6.07) is 44.4. The van der Waals surface area contributed by atoms with Gasteiger partial charge in [-0.2, -0.15) is 0 Å². The summed E-state index contributed by atoms with van der Waals surface area (Å²) in [7, 11) is -3.50. The molecule has 0 atom stereocenters. The molecule has 0 spiro atoms. The van der Waals surface area contributed by atoms with E-state index >= 15 is 0 Å². The van der Waals surface area contributed by atoms with Crippen LogP contribution in [0.5, 0.6) is 0 Å². The Bertz CT molecular complexity index is 1890. The van der Waals surface area contributed by atoms with Crippen molar-refractivity contribution >= 4 is 43.9 Å². The van der Waals surface area contributed by atoms with Crippen molar-refractivity contribution in [3.8, 4) is 0 Å². The van der Waals surface area contributed by atoms with E-state index in [0.29, 0.717) is 0 Å². The second-order valence-corrected chi connectivity index (χ2v) is 15.8. The average molecular weight is 814 g/mol. The zero-order valence-corrected chi connectivity index (χ0v) is 37.6. The molecule has 314 valence electrons. The predicted octanol–water partition coefficient (Wildman–Crippen LogP) is 11.4. The van der Waals surface area contributed by atoms with Gasteiger partial charge in [-0.1, -0.05) is 78.9 Å². The molecule has 5 rings (SSSR count). The van der Waals surface area contributed by atoms with E-state index in [1.807, 2.05) is 0 Å². The quantitative estimate of drug-likeness (QED) is 0.0895. The van der Waals surface area contributed by atoms with E-state index in [0.717, 1.165) is 58.8 Å². The van der Waals surface area contributed by atoms with Gasteiger partial charge in [0.2, 0.25) is 10.0 Å². The van der Waals surface area contributed by atoms with Crippen molar-refractivity contribution < 1.29 is 8.42 Å². The number of benzene rings is 5. The molecule has 0 amide bonds. The van der Waals surface area contributed by atoms with Crippen molar-refractivity contribution in [3.63, 3.8) is 0 Å². The van der Waals surface area contributed by atoms with Gasteiger partial charge in [0, 0.05) is 75.1 Å². The zero-order chi connectivity index (χ0) is 42.8. The molecule has 0 heterocycles. The van der Waals surface area contributed by atoms with Crippen LogP contribution in [0.2, 0.25) is 0 Å². The minimum Gasteiger partial charge on any atom is -0.372 e. The molecule has 0 saturated carbocycles. The van der Waals surface area contributed by atoms with Gasteiger partial charge < -0.3 is 19.6 Å². The summed E-state index contributed by atoms with van der Waals surface area (Å²) < 4.78 is 21.2.